The predicted octanol–water partition coefficient (Wildman–Crippen LogP) is 2.01. The quantitative estimate of drug-likeness (QED) is 0.492. The lowest BCUT2D eigenvalue weighted by molar-refractivity contribution is -0.162. The third-order valence-corrected chi connectivity index (χ3v) is 7.05. The summed E-state index contributed by atoms with van der Waals surface area (Å²) in [7, 11) is 1.27. The van der Waals surface area contributed by atoms with E-state index in [1.54, 1.807) is 13.8 Å². The van der Waals surface area contributed by atoms with Crippen LogP contribution in [0.15, 0.2) is 24.3 Å². The molecule has 0 radical (unpaired) electrons. The number of imide groups is 1. The molecule has 2 aliphatic carbocycles. The molecule has 0 unspecified atom stereocenters. The Morgan fingerprint density at radius 1 is 1.03 bits per heavy atom. The van der Waals surface area contributed by atoms with Crippen molar-refractivity contribution in [3.63, 3.8) is 0 Å². The first-order valence-corrected chi connectivity index (χ1v) is 11.2. The molecule has 3 amide bonds. The molecule has 0 spiro atoms. The van der Waals surface area contributed by atoms with Gasteiger partial charge in [-0.1, -0.05) is 13.8 Å². The van der Waals surface area contributed by atoms with Crippen molar-refractivity contribution in [3.05, 3.63) is 29.8 Å². The van der Waals surface area contributed by atoms with Crippen LogP contribution in [0.1, 0.15) is 43.5 Å². The standard InChI is InChI=1S/C24H28N2O7/c1-12(2)20(26-21(28)18-14-4-5-15(10-14)19(18)22(26)29)24(31)33-11-17(27)25-16-8-6-13(7-9-16)23(30)32-3/h6-9,12,14-15,18-20H,4-5,10-11H2,1-3H3,(H,25,27)/t14-,15-,18-,19-,20-/m0/s1. The normalized spacial score (nSPS) is 26.4. The van der Waals surface area contributed by atoms with E-state index in [1.165, 1.54) is 31.4 Å². The van der Waals surface area contributed by atoms with E-state index in [2.05, 4.69) is 10.1 Å². The number of carbonyl (C=O) groups excluding carboxylic acids is 5. The van der Waals surface area contributed by atoms with Crippen LogP contribution in [0, 0.1) is 29.6 Å². The lowest BCUT2D eigenvalue weighted by atomic mass is 9.81. The number of hydrogen-bond acceptors (Lipinski definition) is 7. The van der Waals surface area contributed by atoms with Crippen LogP contribution in [0.4, 0.5) is 5.69 Å². The number of ether oxygens (including phenoxy) is 2. The topological polar surface area (TPSA) is 119 Å². The highest BCUT2D eigenvalue weighted by Gasteiger charge is 2.62. The van der Waals surface area contributed by atoms with E-state index < -0.39 is 30.5 Å². The van der Waals surface area contributed by atoms with Crippen LogP contribution in [0.25, 0.3) is 0 Å². The average Bonchev–Trinajstić information content (AvgIpc) is 3.47. The number of nitrogens with one attached hydrogen (secondary N) is 1. The van der Waals surface area contributed by atoms with Gasteiger partial charge in [-0.25, -0.2) is 9.59 Å². The zero-order valence-electron chi connectivity index (χ0n) is 18.9. The second-order valence-electron chi connectivity index (χ2n) is 9.34. The summed E-state index contributed by atoms with van der Waals surface area (Å²) in [4.78, 5) is 63.9. The largest absolute Gasteiger partial charge is 0.465 e. The molecular weight excluding hydrogens is 428 g/mol. The van der Waals surface area contributed by atoms with Crippen LogP contribution in [0.5, 0.6) is 0 Å². The number of methoxy groups -OCH3 is 1. The molecule has 2 saturated carbocycles. The van der Waals surface area contributed by atoms with Gasteiger partial charge in [0.15, 0.2) is 6.61 Å². The first kappa shape index (κ1) is 22.9. The zero-order valence-corrected chi connectivity index (χ0v) is 18.9. The van der Waals surface area contributed by atoms with E-state index in [9.17, 15) is 24.0 Å². The van der Waals surface area contributed by atoms with Gasteiger partial charge in [0.05, 0.1) is 24.5 Å². The van der Waals surface area contributed by atoms with Crippen molar-refractivity contribution in [1.82, 2.24) is 4.90 Å². The Morgan fingerprint density at radius 3 is 2.12 bits per heavy atom. The Labute approximate surface area is 191 Å². The van der Waals surface area contributed by atoms with Crippen LogP contribution in [0.2, 0.25) is 0 Å². The summed E-state index contributed by atoms with van der Waals surface area (Å²) in [6.45, 7) is 2.94. The monoisotopic (exact) mass is 456 g/mol. The van der Waals surface area contributed by atoms with Crippen LogP contribution in [0.3, 0.4) is 0 Å². The summed E-state index contributed by atoms with van der Waals surface area (Å²) in [5.41, 5.74) is 0.747. The van der Waals surface area contributed by atoms with Crippen LogP contribution >= 0.6 is 0 Å². The van der Waals surface area contributed by atoms with E-state index in [4.69, 9.17) is 4.74 Å². The predicted molar refractivity (Wildman–Crippen MR) is 116 cm³/mol. The van der Waals surface area contributed by atoms with E-state index >= 15 is 0 Å². The SMILES string of the molecule is COC(=O)c1ccc(NC(=O)COC(=O)[C@H](C(C)C)N2C(=O)[C@H]3[C@H]4CC[C@@H](C4)[C@@H]3C2=O)cc1. The number of fused-ring (bicyclic) bond motifs is 5. The third-order valence-electron chi connectivity index (χ3n) is 7.05. The highest BCUT2D eigenvalue weighted by molar-refractivity contribution is 6.08. The molecular formula is C24H28N2O7. The highest BCUT2D eigenvalue weighted by atomic mass is 16.5. The molecule has 1 saturated heterocycles. The van der Waals surface area contributed by atoms with Gasteiger partial charge >= 0.3 is 11.9 Å². The minimum Gasteiger partial charge on any atom is -0.465 e. The Kier molecular flexibility index (Phi) is 6.23. The van der Waals surface area contributed by atoms with Crippen molar-refractivity contribution in [1.29, 1.82) is 0 Å². The maximum atomic E-state index is 13.1. The van der Waals surface area contributed by atoms with Gasteiger partial charge in [-0.15, -0.1) is 0 Å². The first-order valence-electron chi connectivity index (χ1n) is 11.2. The molecule has 1 aromatic rings. The van der Waals surface area contributed by atoms with Gasteiger partial charge in [-0.3, -0.25) is 19.3 Å². The zero-order chi connectivity index (χ0) is 23.9. The van der Waals surface area contributed by atoms with E-state index in [-0.39, 0.29) is 41.4 Å². The molecule has 3 aliphatic rings. The maximum Gasteiger partial charge on any atom is 0.337 e. The Morgan fingerprint density at radius 2 is 1.61 bits per heavy atom. The average molecular weight is 456 g/mol. The number of benzene rings is 1. The first-order chi connectivity index (χ1) is 15.7. The molecule has 9 nitrogen and oxygen atoms in total. The smallest absolute Gasteiger partial charge is 0.337 e. The Bertz CT molecular complexity index is 959. The van der Waals surface area contributed by atoms with Gasteiger partial charge in [0.1, 0.15) is 6.04 Å². The second-order valence-corrected chi connectivity index (χ2v) is 9.34. The minimum atomic E-state index is -1.05. The molecule has 5 atom stereocenters. The summed E-state index contributed by atoms with van der Waals surface area (Å²) < 4.78 is 9.83. The number of amides is 3. The van der Waals surface area contributed by atoms with Gasteiger partial charge in [-0.2, -0.15) is 0 Å². The summed E-state index contributed by atoms with van der Waals surface area (Å²) in [6, 6.07) is 4.99. The van der Waals surface area contributed by atoms with Crippen LogP contribution < -0.4 is 5.32 Å². The van der Waals surface area contributed by atoms with E-state index in [0.29, 0.717) is 11.3 Å². The number of esters is 2. The molecule has 1 N–H and O–H groups in total. The van der Waals surface area contributed by atoms with Gasteiger partial charge in [0, 0.05) is 5.69 Å². The molecule has 4 rings (SSSR count). The summed E-state index contributed by atoms with van der Waals surface area (Å²) in [5, 5.41) is 2.57. The lowest BCUT2D eigenvalue weighted by Crippen LogP contribution is -2.50. The summed E-state index contributed by atoms with van der Waals surface area (Å²) in [5.74, 6) is -2.93. The third kappa shape index (κ3) is 4.12. The molecule has 1 heterocycles. The molecule has 33 heavy (non-hydrogen) atoms. The fourth-order valence-electron chi connectivity index (χ4n) is 5.61. The van der Waals surface area contributed by atoms with Crippen molar-refractivity contribution in [2.45, 2.75) is 39.2 Å². The Balaban J connectivity index is 1.37. The number of rotatable bonds is 7. The van der Waals surface area contributed by atoms with Gasteiger partial charge < -0.3 is 14.8 Å². The van der Waals surface area contributed by atoms with Crippen LogP contribution in [-0.2, 0) is 28.7 Å². The Hall–Kier alpha value is -3.23. The molecule has 1 aliphatic heterocycles. The summed E-state index contributed by atoms with van der Waals surface area (Å²) in [6.07, 6.45) is 2.82. The van der Waals surface area contributed by atoms with E-state index in [0.717, 1.165) is 24.2 Å². The van der Waals surface area contributed by atoms with Crippen molar-refractivity contribution in [2.24, 2.45) is 29.6 Å². The fraction of sp³-hybridized carbons (Fsp3) is 0.542. The molecule has 2 bridgehead atoms. The molecule has 9 heteroatoms. The molecule has 3 fully saturated rings. The number of likely N-dealkylation sites (tertiary alicyclic amines) is 1. The highest BCUT2D eigenvalue weighted by Crippen LogP contribution is 2.56. The van der Waals surface area contributed by atoms with Crippen molar-refractivity contribution >= 4 is 35.3 Å². The number of carbonyl (C=O) groups is 5. The van der Waals surface area contributed by atoms with Crippen LogP contribution in [-0.4, -0.2) is 54.3 Å². The van der Waals surface area contributed by atoms with E-state index in [1.807, 2.05) is 0 Å². The van der Waals surface area contributed by atoms with Gasteiger partial charge in [0.2, 0.25) is 11.8 Å². The number of hydrogen-bond donors (Lipinski definition) is 1. The van der Waals surface area contributed by atoms with Crippen molar-refractivity contribution < 1.29 is 33.4 Å². The van der Waals surface area contributed by atoms with Crippen molar-refractivity contribution in [3.8, 4) is 0 Å². The summed E-state index contributed by atoms with van der Waals surface area (Å²) >= 11 is 0. The lowest BCUT2D eigenvalue weighted by Gasteiger charge is -2.28. The number of anilines is 1. The molecule has 1 aromatic carbocycles. The minimum absolute atomic E-state index is 0.224. The molecule has 0 aromatic heterocycles. The second kappa shape index (κ2) is 8.96. The maximum absolute atomic E-state index is 13.1. The fourth-order valence-corrected chi connectivity index (χ4v) is 5.61. The van der Waals surface area contributed by atoms with Gasteiger partial charge in [0.25, 0.3) is 5.91 Å². The molecule has 176 valence electrons. The number of nitrogens with zero attached hydrogens (tertiary/aromatic N) is 1. The van der Waals surface area contributed by atoms with Crippen molar-refractivity contribution in [2.75, 3.05) is 19.0 Å². The van der Waals surface area contributed by atoms with Gasteiger partial charge in [-0.05, 0) is 61.3 Å².